The molecule has 0 spiro atoms. The summed E-state index contributed by atoms with van der Waals surface area (Å²) >= 11 is 8.93. The summed E-state index contributed by atoms with van der Waals surface area (Å²) < 4.78 is 1.07. The maximum atomic E-state index is 5.44. The monoisotopic (exact) mass is 387 g/mol. The van der Waals surface area contributed by atoms with Gasteiger partial charge >= 0.3 is 0 Å². The highest BCUT2D eigenvalue weighted by molar-refractivity contribution is 9.10. The van der Waals surface area contributed by atoms with Gasteiger partial charge in [0.05, 0.1) is 11.8 Å². The molecule has 3 nitrogen and oxygen atoms in total. The van der Waals surface area contributed by atoms with E-state index in [-0.39, 0.29) is 6.04 Å². The van der Waals surface area contributed by atoms with Gasteiger partial charge < -0.3 is 5.32 Å². The lowest BCUT2D eigenvalue weighted by Crippen LogP contribution is -2.34. The van der Waals surface area contributed by atoms with Gasteiger partial charge in [-0.1, -0.05) is 57.9 Å². The Morgan fingerprint density at radius 1 is 1.17 bits per heavy atom. The highest BCUT2D eigenvalue weighted by Crippen LogP contribution is 2.33. The summed E-state index contributed by atoms with van der Waals surface area (Å²) in [5, 5.41) is 10.4. The van der Waals surface area contributed by atoms with Gasteiger partial charge in [0.2, 0.25) is 0 Å². The zero-order chi connectivity index (χ0) is 16.4. The number of rotatable bonds is 2. The fourth-order valence-electron chi connectivity index (χ4n) is 2.68. The van der Waals surface area contributed by atoms with Crippen molar-refractivity contribution in [2.45, 2.75) is 19.4 Å². The molecule has 0 amide bonds. The lowest BCUT2D eigenvalue weighted by molar-refractivity contribution is 0.366. The molecule has 1 aliphatic rings. The minimum absolute atomic E-state index is 0.124. The minimum atomic E-state index is 0.124. The Kier molecular flexibility index (Phi) is 4.78. The van der Waals surface area contributed by atoms with Crippen molar-refractivity contribution in [2.24, 2.45) is 5.10 Å². The molecule has 0 radical (unpaired) electrons. The number of nitrogens with zero attached hydrogens (tertiary/aromatic N) is 2. The third kappa shape index (κ3) is 3.46. The fraction of sp³-hybridized carbons (Fsp3) is 0.222. The molecule has 2 aromatic rings. The summed E-state index contributed by atoms with van der Waals surface area (Å²) in [5.41, 5.74) is 4.67. The number of hydrazone groups is 1. The van der Waals surface area contributed by atoms with Crippen LogP contribution >= 0.6 is 28.1 Å². The number of nitrogens with one attached hydrogen (secondary N) is 1. The number of halogens is 1. The first-order valence-electron chi connectivity index (χ1n) is 7.49. The van der Waals surface area contributed by atoms with Crippen LogP contribution in [0.2, 0.25) is 0 Å². The van der Waals surface area contributed by atoms with Crippen LogP contribution in [0.4, 0.5) is 0 Å². The summed E-state index contributed by atoms with van der Waals surface area (Å²) in [4.78, 5) is 0. The van der Waals surface area contributed by atoms with Gasteiger partial charge in [0.25, 0.3) is 0 Å². The summed E-state index contributed by atoms with van der Waals surface area (Å²) in [6, 6.07) is 17.0. The zero-order valence-electron chi connectivity index (χ0n) is 13.1. The molecule has 0 fully saturated rings. The number of aryl methyl sites for hydroxylation is 1. The van der Waals surface area contributed by atoms with Crippen LogP contribution in [0.1, 0.15) is 29.2 Å². The second-order valence-electron chi connectivity index (χ2n) is 5.58. The van der Waals surface area contributed by atoms with E-state index >= 15 is 0 Å². The molecule has 3 rings (SSSR count). The quantitative estimate of drug-likeness (QED) is 0.773. The summed E-state index contributed by atoms with van der Waals surface area (Å²) in [6.45, 7) is 2.09. The average molecular weight is 388 g/mol. The van der Waals surface area contributed by atoms with Crippen LogP contribution in [0.3, 0.4) is 0 Å². The van der Waals surface area contributed by atoms with Crippen LogP contribution in [0.25, 0.3) is 0 Å². The van der Waals surface area contributed by atoms with Gasteiger partial charge in [-0.3, -0.25) is 0 Å². The van der Waals surface area contributed by atoms with Crippen LogP contribution in [0, 0.1) is 6.92 Å². The Morgan fingerprint density at radius 3 is 2.43 bits per heavy atom. The van der Waals surface area contributed by atoms with Crippen molar-refractivity contribution in [2.75, 3.05) is 7.05 Å². The van der Waals surface area contributed by atoms with Gasteiger partial charge in [-0.15, -0.1) is 0 Å². The highest BCUT2D eigenvalue weighted by Gasteiger charge is 2.30. The van der Waals surface area contributed by atoms with E-state index in [0.717, 1.165) is 22.2 Å². The Hall–Kier alpha value is -1.72. The molecule has 0 saturated carbocycles. The van der Waals surface area contributed by atoms with Gasteiger partial charge in [-0.25, -0.2) is 5.01 Å². The van der Waals surface area contributed by atoms with Crippen LogP contribution < -0.4 is 5.32 Å². The normalized spacial score (nSPS) is 17.1. The van der Waals surface area contributed by atoms with Crippen molar-refractivity contribution in [1.29, 1.82) is 0 Å². The molecule has 0 unspecified atom stereocenters. The molecule has 1 atom stereocenters. The zero-order valence-corrected chi connectivity index (χ0v) is 15.5. The van der Waals surface area contributed by atoms with Crippen LogP contribution in [-0.4, -0.2) is 22.9 Å². The van der Waals surface area contributed by atoms with Gasteiger partial charge in [-0.2, -0.15) is 5.10 Å². The van der Waals surface area contributed by atoms with E-state index in [4.69, 9.17) is 17.3 Å². The van der Waals surface area contributed by atoms with Crippen molar-refractivity contribution >= 4 is 39.0 Å². The molecule has 2 aromatic carbocycles. The molecule has 1 aliphatic heterocycles. The number of thiocarbonyl (C=S) groups is 1. The van der Waals surface area contributed by atoms with E-state index < -0.39 is 0 Å². The Labute approximate surface area is 150 Å². The molecule has 23 heavy (non-hydrogen) atoms. The molecular formula is C18H18BrN3S. The number of hydrogen-bond acceptors (Lipinski definition) is 2. The molecule has 1 heterocycles. The van der Waals surface area contributed by atoms with Crippen LogP contribution in [-0.2, 0) is 0 Å². The van der Waals surface area contributed by atoms with Crippen LogP contribution in [0.5, 0.6) is 0 Å². The Morgan fingerprint density at radius 2 is 1.83 bits per heavy atom. The first-order chi connectivity index (χ1) is 11.1. The second-order valence-corrected chi connectivity index (χ2v) is 6.89. The molecular weight excluding hydrogens is 370 g/mol. The van der Waals surface area contributed by atoms with Crippen molar-refractivity contribution in [3.05, 3.63) is 69.7 Å². The highest BCUT2D eigenvalue weighted by atomic mass is 79.9. The molecule has 0 bridgehead atoms. The smallest absolute Gasteiger partial charge is 0.189 e. The van der Waals surface area contributed by atoms with Gasteiger partial charge in [-0.05, 0) is 42.4 Å². The van der Waals surface area contributed by atoms with Crippen molar-refractivity contribution < 1.29 is 0 Å². The standard InChI is InChI=1S/C18H18BrN3S/c1-12-3-5-13(6-4-12)16-11-17(22(21-16)18(23)20-2)14-7-9-15(19)10-8-14/h3-10,17H,11H2,1-2H3,(H,20,23)/t17-/m1/s1. The van der Waals surface area contributed by atoms with Gasteiger partial charge in [0.1, 0.15) is 0 Å². The van der Waals surface area contributed by atoms with Crippen molar-refractivity contribution in [1.82, 2.24) is 10.3 Å². The Balaban J connectivity index is 1.93. The third-order valence-corrected chi connectivity index (χ3v) is 4.89. The maximum Gasteiger partial charge on any atom is 0.189 e. The van der Waals surface area contributed by atoms with E-state index in [1.807, 2.05) is 12.1 Å². The minimum Gasteiger partial charge on any atom is -0.364 e. The number of hydrogen-bond donors (Lipinski definition) is 1. The van der Waals surface area contributed by atoms with E-state index in [0.29, 0.717) is 5.11 Å². The fourth-order valence-corrected chi connectivity index (χ4v) is 3.11. The second kappa shape index (κ2) is 6.81. The summed E-state index contributed by atoms with van der Waals surface area (Å²) in [6.07, 6.45) is 0.840. The van der Waals surface area contributed by atoms with Crippen molar-refractivity contribution in [3.63, 3.8) is 0 Å². The third-order valence-electron chi connectivity index (χ3n) is 3.97. The van der Waals surface area contributed by atoms with E-state index in [2.05, 4.69) is 76.7 Å². The van der Waals surface area contributed by atoms with Crippen molar-refractivity contribution in [3.8, 4) is 0 Å². The molecule has 5 heteroatoms. The lowest BCUT2D eigenvalue weighted by atomic mass is 9.98. The average Bonchev–Trinajstić information content (AvgIpc) is 3.00. The predicted molar refractivity (Wildman–Crippen MR) is 103 cm³/mol. The van der Waals surface area contributed by atoms with E-state index in [1.165, 1.54) is 11.1 Å². The van der Waals surface area contributed by atoms with Gasteiger partial charge in [0.15, 0.2) is 5.11 Å². The topological polar surface area (TPSA) is 27.6 Å². The molecule has 0 saturated heterocycles. The van der Waals surface area contributed by atoms with E-state index in [9.17, 15) is 0 Å². The first kappa shape index (κ1) is 16.1. The summed E-state index contributed by atoms with van der Waals surface area (Å²) in [7, 11) is 1.83. The molecule has 0 aliphatic carbocycles. The van der Waals surface area contributed by atoms with Gasteiger partial charge in [0, 0.05) is 17.9 Å². The SMILES string of the molecule is CNC(=S)N1N=C(c2ccc(C)cc2)C[C@@H]1c1ccc(Br)cc1. The van der Waals surface area contributed by atoms with E-state index in [1.54, 1.807) is 0 Å². The predicted octanol–water partition coefficient (Wildman–Crippen LogP) is 4.41. The molecule has 118 valence electrons. The largest absolute Gasteiger partial charge is 0.364 e. The lowest BCUT2D eigenvalue weighted by Gasteiger charge is -2.23. The Bertz CT molecular complexity index is 738. The maximum absolute atomic E-state index is 5.44. The molecule has 0 aromatic heterocycles. The first-order valence-corrected chi connectivity index (χ1v) is 8.69. The number of benzene rings is 2. The summed E-state index contributed by atoms with van der Waals surface area (Å²) in [5.74, 6) is 0. The van der Waals surface area contributed by atoms with Crippen LogP contribution in [0.15, 0.2) is 58.1 Å². The molecule has 1 N–H and O–H groups in total.